The number of carbonyl (C=O) groups is 1. The number of ether oxygens (including phenoxy) is 4. The topological polar surface area (TPSA) is 101 Å². The molecule has 1 aromatic heterocycles. The van der Waals surface area contributed by atoms with Crippen molar-refractivity contribution >= 4 is 34.7 Å². The highest BCUT2D eigenvalue weighted by Crippen LogP contribution is 2.37. The van der Waals surface area contributed by atoms with Gasteiger partial charge in [-0.1, -0.05) is 37.6 Å². The van der Waals surface area contributed by atoms with Crippen molar-refractivity contribution in [3.8, 4) is 28.6 Å². The first-order chi connectivity index (χ1) is 20.1. The Kier molecular flexibility index (Phi) is 9.52. The van der Waals surface area contributed by atoms with Crippen molar-refractivity contribution in [1.29, 1.82) is 0 Å². The summed E-state index contributed by atoms with van der Waals surface area (Å²) >= 11 is 6.52. The third-order valence-electron chi connectivity index (χ3n) is 6.68. The van der Waals surface area contributed by atoms with E-state index in [2.05, 4.69) is 18.9 Å². The molecule has 10 heteroatoms. The molecule has 0 aliphatic heterocycles. The Bertz CT molecular complexity index is 1710. The van der Waals surface area contributed by atoms with Crippen molar-refractivity contribution in [2.45, 2.75) is 46.6 Å². The molecule has 0 saturated carbocycles. The zero-order valence-electron chi connectivity index (χ0n) is 24.7. The fourth-order valence-corrected chi connectivity index (χ4v) is 4.78. The molecule has 1 heterocycles. The molecule has 0 spiro atoms. The predicted molar refractivity (Wildman–Crippen MR) is 165 cm³/mol. The minimum atomic E-state index is -0.904. The summed E-state index contributed by atoms with van der Waals surface area (Å²) in [4.78, 5) is 30.5. The standard InChI is InChI=1S/C32H34ClN3O6/c1-8-41-27-13-19(4)24(16-23(27)18(2)3)30-35-26-12-10-9-11-22(26)31(37)36(30)34-17-21-14-25(33)29(28(15-21)39-6)42-20(5)32(38)40-7/h9-18,20H,8H2,1-7H3/t20-/m1/s1. The first-order valence-corrected chi connectivity index (χ1v) is 13.9. The van der Waals surface area contributed by atoms with Crippen LogP contribution in [0.4, 0.5) is 0 Å². The fourth-order valence-electron chi connectivity index (χ4n) is 4.52. The van der Waals surface area contributed by atoms with Crippen LogP contribution >= 0.6 is 11.6 Å². The zero-order valence-corrected chi connectivity index (χ0v) is 25.5. The van der Waals surface area contributed by atoms with E-state index in [0.29, 0.717) is 28.9 Å². The van der Waals surface area contributed by atoms with E-state index < -0.39 is 12.1 Å². The van der Waals surface area contributed by atoms with E-state index in [1.807, 2.05) is 32.0 Å². The van der Waals surface area contributed by atoms with Crippen molar-refractivity contribution in [2.75, 3.05) is 20.8 Å². The summed E-state index contributed by atoms with van der Waals surface area (Å²) in [5.41, 5.74) is 3.43. The Morgan fingerprint density at radius 2 is 1.83 bits per heavy atom. The number of methoxy groups -OCH3 is 2. The summed E-state index contributed by atoms with van der Waals surface area (Å²) in [5, 5.41) is 5.21. The van der Waals surface area contributed by atoms with Gasteiger partial charge in [-0.25, -0.2) is 9.78 Å². The highest BCUT2D eigenvalue weighted by molar-refractivity contribution is 6.32. The molecule has 0 aliphatic rings. The van der Waals surface area contributed by atoms with Gasteiger partial charge in [0.25, 0.3) is 5.56 Å². The van der Waals surface area contributed by atoms with Gasteiger partial charge in [-0.2, -0.15) is 9.78 Å². The van der Waals surface area contributed by atoms with Gasteiger partial charge in [-0.15, -0.1) is 0 Å². The van der Waals surface area contributed by atoms with Gasteiger partial charge in [0.05, 0.1) is 43.0 Å². The van der Waals surface area contributed by atoms with E-state index >= 15 is 0 Å². The van der Waals surface area contributed by atoms with Gasteiger partial charge in [0.2, 0.25) is 0 Å². The lowest BCUT2D eigenvalue weighted by Crippen LogP contribution is -2.25. The van der Waals surface area contributed by atoms with E-state index in [1.165, 1.54) is 25.1 Å². The molecule has 3 aromatic carbocycles. The third kappa shape index (κ3) is 6.26. The zero-order chi connectivity index (χ0) is 30.6. The molecule has 1 atom stereocenters. The van der Waals surface area contributed by atoms with Gasteiger partial charge in [-0.3, -0.25) is 4.79 Å². The number of hydrogen-bond acceptors (Lipinski definition) is 8. The van der Waals surface area contributed by atoms with Crippen LogP contribution in [0.5, 0.6) is 17.2 Å². The number of carbonyl (C=O) groups excluding carboxylic acids is 1. The lowest BCUT2D eigenvalue weighted by Gasteiger charge is -2.18. The Hall–Kier alpha value is -4.37. The minimum absolute atomic E-state index is 0.173. The number of aryl methyl sites for hydroxylation is 1. The second kappa shape index (κ2) is 13.1. The highest BCUT2D eigenvalue weighted by Gasteiger charge is 2.21. The van der Waals surface area contributed by atoms with Crippen LogP contribution in [-0.2, 0) is 9.53 Å². The molecule has 0 aliphatic carbocycles. The maximum atomic E-state index is 13.8. The van der Waals surface area contributed by atoms with Crippen molar-refractivity contribution in [3.05, 3.63) is 80.6 Å². The van der Waals surface area contributed by atoms with Gasteiger partial charge >= 0.3 is 5.97 Å². The molecule has 4 aromatic rings. The van der Waals surface area contributed by atoms with Crippen LogP contribution in [0.1, 0.15) is 50.3 Å². The summed E-state index contributed by atoms with van der Waals surface area (Å²) < 4.78 is 23.1. The van der Waals surface area contributed by atoms with Crippen LogP contribution < -0.4 is 19.8 Å². The number of esters is 1. The van der Waals surface area contributed by atoms with Gasteiger partial charge in [0.15, 0.2) is 23.4 Å². The van der Waals surface area contributed by atoms with E-state index in [4.69, 9.17) is 35.5 Å². The molecular weight excluding hydrogens is 558 g/mol. The summed E-state index contributed by atoms with van der Waals surface area (Å²) in [5.74, 6) is 1.28. The molecule has 42 heavy (non-hydrogen) atoms. The van der Waals surface area contributed by atoms with Crippen molar-refractivity contribution < 1.29 is 23.7 Å². The summed E-state index contributed by atoms with van der Waals surface area (Å²) in [6.45, 7) is 10.2. The smallest absolute Gasteiger partial charge is 0.346 e. The van der Waals surface area contributed by atoms with Crippen molar-refractivity contribution in [1.82, 2.24) is 9.66 Å². The van der Waals surface area contributed by atoms with Gasteiger partial charge < -0.3 is 18.9 Å². The number of halogens is 1. The normalized spacial score (nSPS) is 12.1. The molecular formula is C32H34ClN3O6. The minimum Gasteiger partial charge on any atom is -0.494 e. The van der Waals surface area contributed by atoms with Gasteiger partial charge in [-0.05, 0) is 79.8 Å². The Balaban J connectivity index is 1.87. The van der Waals surface area contributed by atoms with Crippen LogP contribution in [0.2, 0.25) is 5.02 Å². The van der Waals surface area contributed by atoms with Crippen LogP contribution in [0.3, 0.4) is 0 Å². The lowest BCUT2D eigenvalue weighted by atomic mass is 9.96. The maximum absolute atomic E-state index is 13.8. The first kappa shape index (κ1) is 30.6. The molecule has 0 saturated heterocycles. The number of benzene rings is 3. The Morgan fingerprint density at radius 3 is 2.50 bits per heavy atom. The molecule has 0 unspecified atom stereocenters. The molecule has 0 N–H and O–H groups in total. The number of aromatic nitrogens is 2. The molecule has 4 rings (SSSR count). The summed E-state index contributed by atoms with van der Waals surface area (Å²) in [7, 11) is 2.73. The van der Waals surface area contributed by atoms with E-state index in [9.17, 15) is 9.59 Å². The second-order valence-electron chi connectivity index (χ2n) is 9.92. The molecule has 0 amide bonds. The highest BCUT2D eigenvalue weighted by atomic mass is 35.5. The number of rotatable bonds is 10. The molecule has 9 nitrogen and oxygen atoms in total. The van der Waals surface area contributed by atoms with Crippen LogP contribution in [-0.4, -0.2) is 48.8 Å². The van der Waals surface area contributed by atoms with E-state index in [-0.39, 0.29) is 28.0 Å². The van der Waals surface area contributed by atoms with Crippen LogP contribution in [0.15, 0.2) is 58.4 Å². The van der Waals surface area contributed by atoms with Crippen LogP contribution in [0, 0.1) is 6.92 Å². The van der Waals surface area contributed by atoms with Gasteiger partial charge in [0, 0.05) is 5.56 Å². The van der Waals surface area contributed by atoms with E-state index in [1.54, 1.807) is 37.3 Å². The summed E-state index contributed by atoms with van der Waals surface area (Å²) in [6.07, 6.45) is 0.593. The molecule has 220 valence electrons. The summed E-state index contributed by atoms with van der Waals surface area (Å²) in [6, 6.07) is 14.4. The second-order valence-corrected chi connectivity index (χ2v) is 10.3. The number of hydrogen-bond donors (Lipinski definition) is 0. The SMILES string of the molecule is CCOc1cc(C)c(-c2nc3ccccc3c(=O)n2N=Cc2cc(Cl)c(O[C@H](C)C(=O)OC)c(OC)c2)cc1C(C)C. The molecule has 0 bridgehead atoms. The number of nitrogens with zero attached hydrogens (tertiary/aromatic N) is 3. The monoisotopic (exact) mass is 591 g/mol. The largest absolute Gasteiger partial charge is 0.494 e. The first-order valence-electron chi connectivity index (χ1n) is 13.5. The number of para-hydroxylation sites is 1. The fraction of sp³-hybridized carbons (Fsp3) is 0.312. The maximum Gasteiger partial charge on any atom is 0.346 e. The van der Waals surface area contributed by atoms with Crippen LogP contribution in [0.25, 0.3) is 22.3 Å². The molecule has 0 fully saturated rings. The quantitative estimate of drug-likeness (QED) is 0.156. The van der Waals surface area contributed by atoms with Crippen molar-refractivity contribution in [2.24, 2.45) is 5.10 Å². The van der Waals surface area contributed by atoms with Gasteiger partial charge in [0.1, 0.15) is 5.75 Å². The molecule has 0 radical (unpaired) electrons. The lowest BCUT2D eigenvalue weighted by molar-refractivity contribution is -0.147. The Labute approximate surface area is 249 Å². The third-order valence-corrected chi connectivity index (χ3v) is 6.96. The predicted octanol–water partition coefficient (Wildman–Crippen LogP) is 6.38. The average Bonchev–Trinajstić information content (AvgIpc) is 2.97. The van der Waals surface area contributed by atoms with Crippen molar-refractivity contribution in [3.63, 3.8) is 0 Å². The Morgan fingerprint density at radius 1 is 1.10 bits per heavy atom. The average molecular weight is 592 g/mol. The van der Waals surface area contributed by atoms with E-state index in [0.717, 1.165) is 22.4 Å². The number of fused-ring (bicyclic) bond motifs is 1.